The smallest absolute Gasteiger partial charge is 0.328 e. The van der Waals surface area contributed by atoms with Gasteiger partial charge in [0.2, 0.25) is 0 Å². The molecule has 2 N–H and O–H groups in total. The summed E-state index contributed by atoms with van der Waals surface area (Å²) in [7, 11) is 0. The number of hydrogen-bond donors (Lipinski definition) is 1. The summed E-state index contributed by atoms with van der Waals surface area (Å²) in [5, 5.41) is 0. The van der Waals surface area contributed by atoms with Crippen LogP contribution in [0.15, 0.2) is 18.2 Å². The summed E-state index contributed by atoms with van der Waals surface area (Å²) < 4.78 is 49.7. The molecule has 0 aliphatic carbocycles. The van der Waals surface area contributed by atoms with E-state index in [1.807, 2.05) is 0 Å². The van der Waals surface area contributed by atoms with E-state index in [2.05, 4.69) is 0 Å². The van der Waals surface area contributed by atoms with Gasteiger partial charge in [0.1, 0.15) is 5.82 Å². The van der Waals surface area contributed by atoms with Gasteiger partial charge in [0, 0.05) is 6.04 Å². The van der Waals surface area contributed by atoms with Crippen molar-refractivity contribution in [2.75, 3.05) is 0 Å². The second-order valence-electron chi connectivity index (χ2n) is 3.49. The average Bonchev–Trinajstić information content (AvgIpc) is 2.05. The van der Waals surface area contributed by atoms with Crippen LogP contribution in [0, 0.1) is 5.82 Å². The summed E-state index contributed by atoms with van der Waals surface area (Å²) in [6.07, 6.45) is -4.28. The molecule has 0 bridgehead atoms. The third-order valence-electron chi connectivity index (χ3n) is 1.92. The lowest BCUT2D eigenvalue weighted by atomic mass is 10.0. The standard InChI is InChI=1S/C10H11F4N/c1-6(15)4-7-2-3-8(5-9(7)11)10(12,13)14/h2-3,5-6H,4,15H2,1H3/t6-/m0/s1. The molecular weight excluding hydrogens is 210 g/mol. The third-order valence-corrected chi connectivity index (χ3v) is 1.92. The van der Waals surface area contributed by atoms with E-state index in [4.69, 9.17) is 5.73 Å². The van der Waals surface area contributed by atoms with Crippen LogP contribution in [-0.2, 0) is 12.6 Å². The van der Waals surface area contributed by atoms with Gasteiger partial charge in [-0.25, -0.2) is 4.39 Å². The Bertz CT molecular complexity index is 344. The lowest BCUT2D eigenvalue weighted by Crippen LogP contribution is -2.18. The Balaban J connectivity index is 2.98. The maximum absolute atomic E-state index is 13.2. The lowest BCUT2D eigenvalue weighted by molar-refractivity contribution is -0.137. The molecule has 0 aliphatic heterocycles. The number of nitrogens with two attached hydrogens (primary N) is 1. The second kappa shape index (κ2) is 4.18. The van der Waals surface area contributed by atoms with Crippen LogP contribution in [0.2, 0.25) is 0 Å². The fraction of sp³-hybridized carbons (Fsp3) is 0.400. The van der Waals surface area contributed by atoms with Gasteiger partial charge in [-0.15, -0.1) is 0 Å². The van der Waals surface area contributed by atoms with Gasteiger partial charge in [-0.2, -0.15) is 13.2 Å². The van der Waals surface area contributed by atoms with E-state index < -0.39 is 17.6 Å². The molecule has 0 aliphatic rings. The Morgan fingerprint density at radius 3 is 2.33 bits per heavy atom. The SMILES string of the molecule is C[C@H](N)Cc1ccc(C(F)(F)F)cc1F. The van der Waals surface area contributed by atoms with Crippen molar-refractivity contribution < 1.29 is 17.6 Å². The molecule has 1 rings (SSSR count). The average molecular weight is 221 g/mol. The van der Waals surface area contributed by atoms with Gasteiger partial charge in [-0.1, -0.05) is 6.07 Å². The molecule has 0 spiro atoms. The molecule has 0 saturated heterocycles. The van der Waals surface area contributed by atoms with Crippen LogP contribution in [0.5, 0.6) is 0 Å². The molecule has 1 aromatic rings. The Kier molecular flexibility index (Phi) is 3.34. The Morgan fingerprint density at radius 2 is 1.93 bits per heavy atom. The topological polar surface area (TPSA) is 26.0 Å². The van der Waals surface area contributed by atoms with Crippen LogP contribution in [-0.4, -0.2) is 6.04 Å². The third kappa shape index (κ3) is 3.20. The first-order valence-corrected chi connectivity index (χ1v) is 4.42. The summed E-state index contributed by atoms with van der Waals surface area (Å²) in [4.78, 5) is 0. The minimum Gasteiger partial charge on any atom is -0.328 e. The number of benzene rings is 1. The van der Waals surface area contributed by atoms with Crippen LogP contribution in [0.25, 0.3) is 0 Å². The predicted molar refractivity (Wildman–Crippen MR) is 48.8 cm³/mol. The van der Waals surface area contributed by atoms with Crippen LogP contribution in [0.3, 0.4) is 0 Å². The summed E-state index contributed by atoms with van der Waals surface area (Å²) in [6, 6.07) is 2.20. The second-order valence-corrected chi connectivity index (χ2v) is 3.49. The van der Waals surface area contributed by atoms with Crippen molar-refractivity contribution in [3.05, 3.63) is 35.1 Å². The van der Waals surface area contributed by atoms with Crippen molar-refractivity contribution in [3.63, 3.8) is 0 Å². The number of alkyl halides is 3. The van der Waals surface area contributed by atoms with Gasteiger partial charge >= 0.3 is 6.18 Å². The largest absolute Gasteiger partial charge is 0.416 e. The number of rotatable bonds is 2. The van der Waals surface area contributed by atoms with Crippen LogP contribution in [0.4, 0.5) is 17.6 Å². The fourth-order valence-corrected chi connectivity index (χ4v) is 1.24. The van der Waals surface area contributed by atoms with E-state index in [-0.39, 0.29) is 18.0 Å². The highest BCUT2D eigenvalue weighted by molar-refractivity contribution is 5.26. The monoisotopic (exact) mass is 221 g/mol. The summed E-state index contributed by atoms with van der Waals surface area (Å²) in [5.74, 6) is -0.859. The van der Waals surface area contributed by atoms with Gasteiger partial charge in [0.15, 0.2) is 0 Å². The maximum Gasteiger partial charge on any atom is 0.416 e. The van der Waals surface area contributed by atoms with Crippen molar-refractivity contribution >= 4 is 0 Å². The van der Waals surface area contributed by atoms with Crippen LogP contribution >= 0.6 is 0 Å². The molecule has 0 saturated carbocycles. The zero-order valence-electron chi connectivity index (χ0n) is 8.11. The van der Waals surface area contributed by atoms with Gasteiger partial charge in [0.05, 0.1) is 5.56 Å². The molecule has 1 aromatic carbocycles. The highest BCUT2D eigenvalue weighted by atomic mass is 19.4. The predicted octanol–water partition coefficient (Wildman–Crippen LogP) is 2.73. The zero-order chi connectivity index (χ0) is 11.6. The van der Waals surface area contributed by atoms with Gasteiger partial charge < -0.3 is 5.73 Å². The van der Waals surface area contributed by atoms with E-state index in [9.17, 15) is 17.6 Å². The highest BCUT2D eigenvalue weighted by Gasteiger charge is 2.31. The Hall–Kier alpha value is -1.10. The molecule has 1 nitrogen and oxygen atoms in total. The quantitative estimate of drug-likeness (QED) is 0.763. The fourth-order valence-electron chi connectivity index (χ4n) is 1.24. The van der Waals surface area contributed by atoms with Crippen molar-refractivity contribution in [2.24, 2.45) is 5.73 Å². The first-order valence-electron chi connectivity index (χ1n) is 4.42. The van der Waals surface area contributed by atoms with Gasteiger partial charge in [-0.05, 0) is 31.0 Å². The van der Waals surface area contributed by atoms with E-state index in [1.54, 1.807) is 6.92 Å². The molecule has 84 valence electrons. The number of hydrogen-bond acceptors (Lipinski definition) is 1. The highest BCUT2D eigenvalue weighted by Crippen LogP contribution is 2.30. The van der Waals surface area contributed by atoms with Gasteiger partial charge in [0.25, 0.3) is 0 Å². The maximum atomic E-state index is 13.2. The molecule has 5 heteroatoms. The molecule has 15 heavy (non-hydrogen) atoms. The van der Waals surface area contributed by atoms with E-state index in [0.717, 1.165) is 12.1 Å². The van der Waals surface area contributed by atoms with Crippen molar-refractivity contribution in [2.45, 2.75) is 25.6 Å². The molecular formula is C10H11F4N. The molecule has 0 heterocycles. The van der Waals surface area contributed by atoms with Crippen molar-refractivity contribution in [1.29, 1.82) is 0 Å². The van der Waals surface area contributed by atoms with E-state index in [0.29, 0.717) is 6.07 Å². The Morgan fingerprint density at radius 1 is 1.33 bits per heavy atom. The van der Waals surface area contributed by atoms with Crippen molar-refractivity contribution in [3.8, 4) is 0 Å². The lowest BCUT2D eigenvalue weighted by Gasteiger charge is -2.10. The van der Waals surface area contributed by atoms with Gasteiger partial charge in [-0.3, -0.25) is 0 Å². The molecule has 0 aromatic heterocycles. The molecule has 0 amide bonds. The van der Waals surface area contributed by atoms with Crippen LogP contribution < -0.4 is 5.73 Å². The first kappa shape index (κ1) is 12.0. The minimum absolute atomic E-state index is 0.206. The normalized spacial score (nSPS) is 14.0. The molecule has 1 atom stereocenters. The Labute approximate surface area is 84.9 Å². The zero-order valence-corrected chi connectivity index (χ0v) is 8.11. The minimum atomic E-state index is -4.51. The van der Waals surface area contributed by atoms with Crippen molar-refractivity contribution in [1.82, 2.24) is 0 Å². The molecule has 0 fully saturated rings. The summed E-state index contributed by atoms with van der Waals surface area (Å²) in [5.41, 5.74) is 4.66. The van der Waals surface area contributed by atoms with E-state index >= 15 is 0 Å². The van der Waals surface area contributed by atoms with Crippen LogP contribution in [0.1, 0.15) is 18.1 Å². The number of halogens is 4. The molecule has 0 radical (unpaired) electrons. The first-order chi connectivity index (χ1) is 6.80. The summed E-state index contributed by atoms with van der Waals surface area (Å²) >= 11 is 0. The summed E-state index contributed by atoms with van der Waals surface area (Å²) in [6.45, 7) is 1.66. The molecule has 0 unspecified atom stereocenters. The van der Waals surface area contributed by atoms with E-state index in [1.165, 1.54) is 0 Å².